The van der Waals surface area contributed by atoms with Crippen LogP contribution in [0.1, 0.15) is 11.1 Å². The van der Waals surface area contributed by atoms with E-state index in [-0.39, 0.29) is 12.5 Å². The molecular formula is C17H17N3O2. The predicted octanol–water partition coefficient (Wildman–Crippen LogP) is 2.93. The molecular weight excluding hydrogens is 278 g/mol. The van der Waals surface area contributed by atoms with Gasteiger partial charge in [0, 0.05) is 0 Å². The van der Waals surface area contributed by atoms with Gasteiger partial charge in [-0.15, -0.1) is 0 Å². The third-order valence-corrected chi connectivity index (χ3v) is 3.12. The molecule has 2 aromatic rings. The van der Waals surface area contributed by atoms with Gasteiger partial charge in [0.2, 0.25) is 5.91 Å². The lowest BCUT2D eigenvalue weighted by atomic mass is 10.2. The first kappa shape index (κ1) is 15.4. The summed E-state index contributed by atoms with van der Waals surface area (Å²) < 4.78 is 5.25. The summed E-state index contributed by atoms with van der Waals surface area (Å²) in [6.07, 6.45) is 0. The van der Waals surface area contributed by atoms with E-state index in [4.69, 9.17) is 10.00 Å². The summed E-state index contributed by atoms with van der Waals surface area (Å²) >= 11 is 0. The van der Waals surface area contributed by atoms with Crippen LogP contribution < -0.4 is 15.4 Å². The van der Waals surface area contributed by atoms with E-state index in [0.29, 0.717) is 17.0 Å². The van der Waals surface area contributed by atoms with Crippen molar-refractivity contribution in [3.8, 4) is 11.8 Å². The highest BCUT2D eigenvalue weighted by atomic mass is 16.5. The van der Waals surface area contributed by atoms with Gasteiger partial charge < -0.3 is 15.4 Å². The van der Waals surface area contributed by atoms with E-state index >= 15 is 0 Å². The quantitative estimate of drug-likeness (QED) is 0.889. The third kappa shape index (κ3) is 3.76. The summed E-state index contributed by atoms with van der Waals surface area (Å²) in [5.74, 6) is 0.446. The second kappa shape index (κ2) is 7.14. The van der Waals surface area contributed by atoms with E-state index in [1.807, 2.05) is 31.2 Å². The standard InChI is InChI=1S/C17H17N3O2/c1-12-7-8-16(22-2)15(9-12)19-11-17(21)20-14-6-4-3-5-13(14)10-18/h3-9,19H,11H2,1-2H3,(H,20,21). The van der Waals surface area contributed by atoms with Crippen molar-refractivity contribution >= 4 is 17.3 Å². The van der Waals surface area contributed by atoms with Crippen molar-refractivity contribution < 1.29 is 9.53 Å². The number of hydrogen-bond donors (Lipinski definition) is 2. The van der Waals surface area contributed by atoms with E-state index < -0.39 is 0 Å². The first-order valence-electron chi connectivity index (χ1n) is 6.81. The van der Waals surface area contributed by atoms with Crippen LogP contribution in [0.15, 0.2) is 42.5 Å². The Bertz CT molecular complexity index is 720. The van der Waals surface area contributed by atoms with Crippen molar-refractivity contribution in [2.24, 2.45) is 0 Å². The molecule has 22 heavy (non-hydrogen) atoms. The van der Waals surface area contributed by atoms with Crippen LogP contribution in [-0.4, -0.2) is 19.6 Å². The Morgan fingerprint density at radius 2 is 2.00 bits per heavy atom. The molecule has 0 aliphatic rings. The zero-order valence-corrected chi connectivity index (χ0v) is 12.5. The van der Waals surface area contributed by atoms with Crippen molar-refractivity contribution in [2.45, 2.75) is 6.92 Å². The Kier molecular flexibility index (Phi) is 4.99. The van der Waals surface area contributed by atoms with Gasteiger partial charge in [-0.3, -0.25) is 4.79 Å². The molecule has 0 bridgehead atoms. The van der Waals surface area contributed by atoms with Crippen LogP contribution in [-0.2, 0) is 4.79 Å². The van der Waals surface area contributed by atoms with Gasteiger partial charge >= 0.3 is 0 Å². The Balaban J connectivity index is 2.02. The molecule has 0 fully saturated rings. The number of anilines is 2. The summed E-state index contributed by atoms with van der Waals surface area (Å²) in [4.78, 5) is 12.0. The van der Waals surface area contributed by atoms with Crippen LogP contribution in [0.5, 0.6) is 5.75 Å². The maximum absolute atomic E-state index is 12.0. The molecule has 0 spiro atoms. The minimum Gasteiger partial charge on any atom is -0.495 e. The molecule has 2 rings (SSSR count). The van der Waals surface area contributed by atoms with Crippen molar-refractivity contribution in [2.75, 3.05) is 24.3 Å². The first-order valence-corrected chi connectivity index (χ1v) is 6.81. The molecule has 5 heteroatoms. The van der Waals surface area contributed by atoms with E-state index in [2.05, 4.69) is 10.6 Å². The molecule has 0 atom stereocenters. The Hall–Kier alpha value is -3.00. The number of hydrogen-bond acceptors (Lipinski definition) is 4. The molecule has 0 aliphatic carbocycles. The molecule has 0 saturated heterocycles. The number of nitrogens with one attached hydrogen (secondary N) is 2. The highest BCUT2D eigenvalue weighted by Gasteiger charge is 2.08. The molecule has 1 amide bonds. The molecule has 0 aliphatic heterocycles. The van der Waals surface area contributed by atoms with Crippen molar-refractivity contribution in [3.05, 3.63) is 53.6 Å². The molecule has 5 nitrogen and oxygen atoms in total. The average Bonchev–Trinajstić information content (AvgIpc) is 2.53. The lowest BCUT2D eigenvalue weighted by Gasteiger charge is -2.12. The van der Waals surface area contributed by atoms with E-state index in [1.165, 1.54) is 0 Å². The van der Waals surface area contributed by atoms with Crippen molar-refractivity contribution in [1.29, 1.82) is 5.26 Å². The number of carbonyl (C=O) groups is 1. The third-order valence-electron chi connectivity index (χ3n) is 3.12. The number of carbonyl (C=O) groups excluding carboxylic acids is 1. The molecule has 112 valence electrons. The summed E-state index contributed by atoms with van der Waals surface area (Å²) in [6, 6.07) is 14.6. The molecule has 2 aromatic carbocycles. The maximum atomic E-state index is 12.0. The van der Waals surface area contributed by atoms with Gasteiger partial charge in [-0.1, -0.05) is 18.2 Å². The molecule has 0 radical (unpaired) electrons. The van der Waals surface area contributed by atoms with Gasteiger partial charge in [0.15, 0.2) is 0 Å². The van der Waals surface area contributed by atoms with E-state index in [1.54, 1.807) is 31.4 Å². The van der Waals surface area contributed by atoms with Gasteiger partial charge in [-0.05, 0) is 36.8 Å². The number of ether oxygens (including phenoxy) is 1. The van der Waals surface area contributed by atoms with E-state index in [9.17, 15) is 4.79 Å². The van der Waals surface area contributed by atoms with Crippen LogP contribution in [0, 0.1) is 18.3 Å². The fourth-order valence-electron chi connectivity index (χ4n) is 2.02. The molecule has 0 aromatic heterocycles. The monoisotopic (exact) mass is 295 g/mol. The van der Waals surface area contributed by atoms with Gasteiger partial charge in [-0.25, -0.2) is 0 Å². The predicted molar refractivity (Wildman–Crippen MR) is 86.0 cm³/mol. The number of rotatable bonds is 5. The van der Waals surface area contributed by atoms with Gasteiger partial charge in [0.05, 0.1) is 30.6 Å². The number of benzene rings is 2. The average molecular weight is 295 g/mol. The fraction of sp³-hybridized carbons (Fsp3) is 0.176. The molecule has 0 saturated carbocycles. The number of amides is 1. The summed E-state index contributed by atoms with van der Waals surface area (Å²) in [6.45, 7) is 2.05. The van der Waals surface area contributed by atoms with Crippen molar-refractivity contribution in [3.63, 3.8) is 0 Å². The van der Waals surface area contributed by atoms with Crippen LogP contribution >= 0.6 is 0 Å². The minimum atomic E-state index is -0.230. The number of nitriles is 1. The minimum absolute atomic E-state index is 0.0829. The van der Waals surface area contributed by atoms with Gasteiger partial charge in [0.25, 0.3) is 0 Å². The lowest BCUT2D eigenvalue weighted by molar-refractivity contribution is -0.114. The topological polar surface area (TPSA) is 74.2 Å². The number of para-hydroxylation sites is 1. The number of nitrogens with zero attached hydrogens (tertiary/aromatic N) is 1. The Morgan fingerprint density at radius 3 is 2.73 bits per heavy atom. The van der Waals surface area contributed by atoms with Crippen LogP contribution in [0.25, 0.3) is 0 Å². The second-order valence-electron chi connectivity index (χ2n) is 4.76. The van der Waals surface area contributed by atoms with Gasteiger partial charge in [-0.2, -0.15) is 5.26 Å². The van der Waals surface area contributed by atoms with Crippen molar-refractivity contribution in [1.82, 2.24) is 0 Å². The largest absolute Gasteiger partial charge is 0.495 e. The van der Waals surface area contributed by atoms with E-state index in [0.717, 1.165) is 11.3 Å². The molecule has 0 heterocycles. The normalized spacial score (nSPS) is 9.68. The van der Waals surface area contributed by atoms with Crippen LogP contribution in [0.4, 0.5) is 11.4 Å². The maximum Gasteiger partial charge on any atom is 0.243 e. The highest BCUT2D eigenvalue weighted by Crippen LogP contribution is 2.24. The number of aryl methyl sites for hydroxylation is 1. The SMILES string of the molecule is COc1ccc(C)cc1NCC(=O)Nc1ccccc1C#N. The molecule has 0 unspecified atom stereocenters. The second-order valence-corrected chi connectivity index (χ2v) is 4.76. The smallest absolute Gasteiger partial charge is 0.243 e. The highest BCUT2D eigenvalue weighted by molar-refractivity contribution is 5.95. The Morgan fingerprint density at radius 1 is 1.23 bits per heavy atom. The fourth-order valence-corrected chi connectivity index (χ4v) is 2.02. The molecule has 2 N–H and O–H groups in total. The van der Waals surface area contributed by atoms with Crippen LogP contribution in [0.2, 0.25) is 0 Å². The zero-order chi connectivity index (χ0) is 15.9. The summed E-state index contributed by atoms with van der Waals surface area (Å²) in [7, 11) is 1.58. The zero-order valence-electron chi connectivity index (χ0n) is 12.5. The summed E-state index contributed by atoms with van der Waals surface area (Å²) in [5.41, 5.74) is 2.77. The van der Waals surface area contributed by atoms with Gasteiger partial charge in [0.1, 0.15) is 11.8 Å². The Labute approximate surface area is 129 Å². The van der Waals surface area contributed by atoms with Crippen LogP contribution in [0.3, 0.4) is 0 Å². The lowest BCUT2D eigenvalue weighted by Crippen LogP contribution is -2.22. The first-order chi connectivity index (χ1) is 10.6. The number of methoxy groups -OCH3 is 1. The summed E-state index contributed by atoms with van der Waals surface area (Å²) in [5, 5.41) is 14.8.